The summed E-state index contributed by atoms with van der Waals surface area (Å²) in [4.78, 5) is 13.5. The third-order valence-corrected chi connectivity index (χ3v) is 2.94. The number of carbonyl (C=O) groups is 1. The van der Waals surface area contributed by atoms with Gasteiger partial charge in [0.2, 0.25) is 0 Å². The number of aliphatic hydroxyl groups excluding tert-OH is 1. The first kappa shape index (κ1) is 10.5. The number of nitrogens with zero attached hydrogens (tertiary/aromatic N) is 1. The number of hydrogen-bond donors (Lipinski definition) is 1. The van der Waals surface area contributed by atoms with Crippen LogP contribution in [0.4, 0.5) is 0 Å². The van der Waals surface area contributed by atoms with Crippen molar-refractivity contribution in [2.45, 2.75) is 19.5 Å². The zero-order valence-corrected chi connectivity index (χ0v) is 9.08. The summed E-state index contributed by atoms with van der Waals surface area (Å²) in [6, 6.07) is 6.18. The summed E-state index contributed by atoms with van der Waals surface area (Å²) in [6.45, 7) is 2.24. The zero-order valence-electron chi connectivity index (χ0n) is 8.33. The summed E-state index contributed by atoms with van der Waals surface area (Å²) in [5.74, 6) is -0.117. The van der Waals surface area contributed by atoms with Gasteiger partial charge in [0.1, 0.15) is 0 Å². The van der Waals surface area contributed by atoms with Gasteiger partial charge in [-0.05, 0) is 24.6 Å². The van der Waals surface area contributed by atoms with Gasteiger partial charge in [0.15, 0.2) is 0 Å². The Bertz CT molecular complexity index is 406. The molecule has 2 rings (SSSR count). The highest BCUT2D eigenvalue weighted by Crippen LogP contribution is 2.29. The highest BCUT2D eigenvalue weighted by molar-refractivity contribution is 6.34. The van der Waals surface area contributed by atoms with Gasteiger partial charge in [-0.2, -0.15) is 0 Å². The highest BCUT2D eigenvalue weighted by atomic mass is 35.5. The van der Waals surface area contributed by atoms with Crippen molar-refractivity contribution in [1.29, 1.82) is 0 Å². The summed E-state index contributed by atoms with van der Waals surface area (Å²) < 4.78 is 0. The van der Waals surface area contributed by atoms with Gasteiger partial charge >= 0.3 is 0 Å². The van der Waals surface area contributed by atoms with Crippen molar-refractivity contribution in [3.05, 3.63) is 34.3 Å². The zero-order chi connectivity index (χ0) is 11.0. The first-order chi connectivity index (χ1) is 7.15. The number of fused-ring (bicyclic) bond motifs is 1. The number of amides is 1. The minimum atomic E-state index is -0.186. The molecular weight excluding hydrogens is 214 g/mol. The van der Waals surface area contributed by atoms with Crippen LogP contribution < -0.4 is 0 Å². The van der Waals surface area contributed by atoms with Gasteiger partial charge in [-0.15, -0.1) is 0 Å². The second-order valence-corrected chi connectivity index (χ2v) is 4.05. The lowest BCUT2D eigenvalue weighted by Crippen LogP contribution is -2.35. The van der Waals surface area contributed by atoms with Gasteiger partial charge in [-0.1, -0.05) is 17.7 Å². The molecule has 0 bridgehead atoms. The number of aliphatic hydroxyl groups is 1. The lowest BCUT2D eigenvalue weighted by Gasteiger charge is -2.21. The molecule has 1 aliphatic heterocycles. The lowest BCUT2D eigenvalue weighted by atomic mass is 10.1. The molecule has 15 heavy (non-hydrogen) atoms. The van der Waals surface area contributed by atoms with Crippen molar-refractivity contribution in [3.8, 4) is 0 Å². The van der Waals surface area contributed by atoms with Gasteiger partial charge in [0.05, 0.1) is 23.2 Å². The fourth-order valence-corrected chi connectivity index (χ4v) is 1.97. The summed E-state index contributed by atoms with van der Waals surface area (Å²) in [5, 5.41) is 9.48. The molecule has 0 saturated heterocycles. The third-order valence-electron chi connectivity index (χ3n) is 2.63. The van der Waals surface area contributed by atoms with Gasteiger partial charge in [-0.3, -0.25) is 4.79 Å². The Labute approximate surface area is 93.3 Å². The maximum atomic E-state index is 11.9. The van der Waals surface area contributed by atoms with E-state index in [2.05, 4.69) is 6.07 Å². The fraction of sp³-hybridized carbons (Fsp3) is 0.364. The molecule has 1 aromatic rings. The molecule has 1 aliphatic rings. The van der Waals surface area contributed by atoms with Crippen molar-refractivity contribution in [2.75, 3.05) is 6.61 Å². The Morgan fingerprint density at radius 3 is 3.07 bits per heavy atom. The van der Waals surface area contributed by atoms with E-state index < -0.39 is 0 Å². The Hall–Kier alpha value is -1.06. The SMILES string of the molecule is CC(CO)N1Cc2[c]ccc(Cl)c2C1=O. The molecule has 4 heteroatoms. The van der Waals surface area contributed by atoms with Gasteiger partial charge in [0, 0.05) is 6.54 Å². The smallest absolute Gasteiger partial charge is 0.256 e. The molecule has 1 aromatic carbocycles. The molecule has 1 radical (unpaired) electrons. The molecule has 0 spiro atoms. The number of carbonyl (C=O) groups excluding carboxylic acids is 1. The van der Waals surface area contributed by atoms with E-state index in [0.717, 1.165) is 5.56 Å². The van der Waals surface area contributed by atoms with Crippen molar-refractivity contribution in [3.63, 3.8) is 0 Å². The second kappa shape index (κ2) is 3.83. The van der Waals surface area contributed by atoms with Crippen LogP contribution in [0, 0.1) is 6.07 Å². The maximum Gasteiger partial charge on any atom is 0.256 e. The van der Waals surface area contributed by atoms with Crippen LogP contribution in [0.3, 0.4) is 0 Å². The summed E-state index contributed by atoms with van der Waals surface area (Å²) in [7, 11) is 0. The van der Waals surface area contributed by atoms with E-state index in [1.807, 2.05) is 0 Å². The minimum Gasteiger partial charge on any atom is -0.394 e. The van der Waals surface area contributed by atoms with Gasteiger partial charge in [-0.25, -0.2) is 0 Å². The molecule has 1 amide bonds. The summed E-state index contributed by atoms with van der Waals surface area (Å²) in [6.07, 6.45) is 0. The largest absolute Gasteiger partial charge is 0.394 e. The second-order valence-electron chi connectivity index (χ2n) is 3.64. The molecule has 1 unspecified atom stereocenters. The van der Waals surface area contributed by atoms with Crippen molar-refractivity contribution in [2.24, 2.45) is 0 Å². The molecule has 1 N–H and O–H groups in total. The fourth-order valence-electron chi connectivity index (χ4n) is 1.71. The summed E-state index contributed by atoms with van der Waals surface area (Å²) >= 11 is 5.95. The van der Waals surface area contributed by atoms with Crippen molar-refractivity contribution >= 4 is 17.5 Å². The number of rotatable bonds is 2. The van der Waals surface area contributed by atoms with E-state index in [-0.39, 0.29) is 18.6 Å². The van der Waals surface area contributed by atoms with Crippen LogP contribution >= 0.6 is 11.6 Å². The molecule has 1 atom stereocenters. The predicted molar refractivity (Wildman–Crippen MR) is 56.7 cm³/mol. The maximum absolute atomic E-state index is 11.9. The van der Waals surface area contributed by atoms with Crippen LogP contribution in [0.2, 0.25) is 5.02 Å². The number of hydrogen-bond acceptors (Lipinski definition) is 2. The number of benzene rings is 1. The van der Waals surface area contributed by atoms with E-state index in [1.165, 1.54) is 0 Å². The Morgan fingerprint density at radius 1 is 1.73 bits per heavy atom. The van der Waals surface area contributed by atoms with E-state index in [0.29, 0.717) is 17.1 Å². The van der Waals surface area contributed by atoms with Crippen molar-refractivity contribution in [1.82, 2.24) is 4.90 Å². The van der Waals surface area contributed by atoms with E-state index in [9.17, 15) is 4.79 Å². The quantitative estimate of drug-likeness (QED) is 0.827. The average Bonchev–Trinajstić information content (AvgIpc) is 2.56. The monoisotopic (exact) mass is 224 g/mol. The van der Waals surface area contributed by atoms with Crippen LogP contribution in [-0.4, -0.2) is 28.6 Å². The Morgan fingerprint density at radius 2 is 2.47 bits per heavy atom. The molecule has 0 aliphatic carbocycles. The van der Waals surface area contributed by atoms with Crippen LogP contribution in [0.25, 0.3) is 0 Å². The van der Waals surface area contributed by atoms with E-state index in [4.69, 9.17) is 16.7 Å². The third kappa shape index (κ3) is 1.62. The molecule has 0 aromatic heterocycles. The first-order valence-corrected chi connectivity index (χ1v) is 5.14. The standard InChI is InChI=1S/C11H11ClNO2/c1-7(6-14)13-5-8-3-2-4-9(12)10(8)11(13)15/h2,4,7,14H,5-6H2,1H3. The van der Waals surface area contributed by atoms with Crippen molar-refractivity contribution < 1.29 is 9.90 Å². The highest BCUT2D eigenvalue weighted by Gasteiger charge is 2.32. The normalized spacial score (nSPS) is 16.7. The van der Waals surface area contributed by atoms with E-state index >= 15 is 0 Å². The average molecular weight is 225 g/mol. The molecule has 1 heterocycles. The van der Waals surface area contributed by atoms with Crippen LogP contribution in [0.1, 0.15) is 22.8 Å². The van der Waals surface area contributed by atoms with Crippen LogP contribution in [0.15, 0.2) is 12.1 Å². The lowest BCUT2D eigenvalue weighted by molar-refractivity contribution is 0.0644. The van der Waals surface area contributed by atoms with Crippen LogP contribution in [-0.2, 0) is 6.54 Å². The van der Waals surface area contributed by atoms with E-state index in [1.54, 1.807) is 24.0 Å². The molecule has 0 saturated carbocycles. The molecule has 79 valence electrons. The summed E-state index contributed by atoms with van der Waals surface area (Å²) in [5.41, 5.74) is 1.34. The van der Waals surface area contributed by atoms with Gasteiger partial charge < -0.3 is 10.0 Å². The topological polar surface area (TPSA) is 40.5 Å². The van der Waals surface area contributed by atoms with Crippen LogP contribution in [0.5, 0.6) is 0 Å². The molecular formula is C11H11ClNO2. The Balaban J connectivity index is 2.38. The first-order valence-electron chi connectivity index (χ1n) is 4.76. The molecule has 3 nitrogen and oxygen atoms in total. The number of halogens is 1. The molecule has 0 fully saturated rings. The Kier molecular flexibility index (Phi) is 2.67. The predicted octanol–water partition coefficient (Wildman–Crippen LogP) is 1.48. The van der Waals surface area contributed by atoms with Gasteiger partial charge in [0.25, 0.3) is 5.91 Å². The minimum absolute atomic E-state index is 0.0443.